The summed E-state index contributed by atoms with van der Waals surface area (Å²) in [4.78, 5) is 18.9. The van der Waals surface area contributed by atoms with Crippen molar-refractivity contribution in [3.8, 4) is 0 Å². The van der Waals surface area contributed by atoms with Gasteiger partial charge in [-0.2, -0.15) is 0 Å². The van der Waals surface area contributed by atoms with E-state index >= 15 is 0 Å². The lowest BCUT2D eigenvalue weighted by Gasteiger charge is -2.39. The number of aromatic nitrogens is 1. The molecule has 5 heteroatoms. The monoisotopic (exact) mass is 357 g/mol. The second kappa shape index (κ2) is 7.65. The molecule has 0 aromatic carbocycles. The number of hydrogen-bond donors (Lipinski definition) is 2. The SMILES string of the molecule is CC(=O)c1cc(C2CC2)cnc1N1CC[C@@H](NC2CCCCC2)[C@H](O)C1. The van der Waals surface area contributed by atoms with E-state index in [4.69, 9.17) is 0 Å². The van der Waals surface area contributed by atoms with Crippen molar-refractivity contribution in [1.29, 1.82) is 0 Å². The number of nitrogens with zero attached hydrogens (tertiary/aromatic N) is 2. The highest BCUT2D eigenvalue weighted by atomic mass is 16.3. The van der Waals surface area contributed by atoms with Gasteiger partial charge in [0.15, 0.2) is 5.78 Å². The Hall–Kier alpha value is -1.46. The molecule has 0 amide bonds. The molecular weight excluding hydrogens is 326 g/mol. The normalized spacial score (nSPS) is 27.5. The summed E-state index contributed by atoms with van der Waals surface area (Å²) in [5, 5.41) is 14.4. The fourth-order valence-corrected chi connectivity index (χ4v) is 4.52. The van der Waals surface area contributed by atoms with Gasteiger partial charge in [-0.15, -0.1) is 0 Å². The van der Waals surface area contributed by atoms with Crippen molar-refractivity contribution in [1.82, 2.24) is 10.3 Å². The summed E-state index contributed by atoms with van der Waals surface area (Å²) in [6.45, 7) is 2.99. The number of β-amino-alcohol motifs (C(OH)–C–C–N with tert-alkyl or cyclic N) is 1. The number of aliphatic hydroxyl groups excluding tert-OH is 1. The largest absolute Gasteiger partial charge is 0.390 e. The summed E-state index contributed by atoms with van der Waals surface area (Å²) in [5.74, 6) is 1.40. The van der Waals surface area contributed by atoms with Crippen LogP contribution in [0.15, 0.2) is 12.3 Å². The quantitative estimate of drug-likeness (QED) is 0.793. The van der Waals surface area contributed by atoms with Crippen molar-refractivity contribution in [3.63, 3.8) is 0 Å². The lowest BCUT2D eigenvalue weighted by atomic mass is 9.92. The Labute approximate surface area is 156 Å². The van der Waals surface area contributed by atoms with E-state index in [1.54, 1.807) is 6.92 Å². The smallest absolute Gasteiger partial charge is 0.163 e. The van der Waals surface area contributed by atoms with E-state index < -0.39 is 6.10 Å². The number of rotatable bonds is 5. The molecule has 0 unspecified atom stereocenters. The van der Waals surface area contributed by atoms with E-state index in [0.29, 0.717) is 24.1 Å². The Bertz CT molecular complexity index is 653. The highest BCUT2D eigenvalue weighted by Gasteiger charge is 2.32. The molecule has 2 atom stereocenters. The summed E-state index contributed by atoms with van der Waals surface area (Å²) >= 11 is 0. The molecule has 2 saturated carbocycles. The van der Waals surface area contributed by atoms with Crippen LogP contribution in [0.2, 0.25) is 0 Å². The zero-order valence-electron chi connectivity index (χ0n) is 15.8. The molecule has 2 N–H and O–H groups in total. The van der Waals surface area contributed by atoms with E-state index in [9.17, 15) is 9.90 Å². The van der Waals surface area contributed by atoms with Crippen LogP contribution in [0.1, 0.15) is 80.1 Å². The van der Waals surface area contributed by atoms with Crippen LogP contribution in [-0.2, 0) is 0 Å². The van der Waals surface area contributed by atoms with Crippen molar-refractivity contribution in [2.75, 3.05) is 18.0 Å². The third-order valence-corrected chi connectivity index (χ3v) is 6.25. The summed E-state index contributed by atoms with van der Waals surface area (Å²) in [7, 11) is 0. The molecule has 2 heterocycles. The highest BCUT2D eigenvalue weighted by molar-refractivity contribution is 5.99. The number of Topliss-reactive ketones (excluding diaryl/α,β-unsaturated/α-hetero) is 1. The van der Waals surface area contributed by atoms with E-state index in [2.05, 4.69) is 15.2 Å². The van der Waals surface area contributed by atoms with Crippen LogP contribution in [0.3, 0.4) is 0 Å². The maximum absolute atomic E-state index is 12.2. The second-order valence-electron chi connectivity index (χ2n) is 8.38. The molecule has 2 aliphatic carbocycles. The number of pyridine rings is 1. The number of anilines is 1. The summed E-state index contributed by atoms with van der Waals surface area (Å²) in [5.41, 5.74) is 1.90. The average Bonchev–Trinajstić information content (AvgIpc) is 3.49. The van der Waals surface area contributed by atoms with E-state index in [1.807, 2.05) is 12.3 Å². The molecule has 1 aromatic rings. The van der Waals surface area contributed by atoms with Gasteiger partial charge in [-0.25, -0.2) is 4.98 Å². The molecule has 0 radical (unpaired) electrons. The van der Waals surface area contributed by atoms with Gasteiger partial charge < -0.3 is 15.3 Å². The Morgan fingerprint density at radius 2 is 1.96 bits per heavy atom. The average molecular weight is 357 g/mol. The molecule has 26 heavy (non-hydrogen) atoms. The Morgan fingerprint density at radius 1 is 1.19 bits per heavy atom. The van der Waals surface area contributed by atoms with Crippen molar-refractivity contribution < 1.29 is 9.90 Å². The fraction of sp³-hybridized carbons (Fsp3) is 0.714. The Kier molecular flexibility index (Phi) is 5.28. The number of hydrogen-bond acceptors (Lipinski definition) is 5. The summed E-state index contributed by atoms with van der Waals surface area (Å²) in [6.07, 6.45) is 11.2. The van der Waals surface area contributed by atoms with Crippen molar-refractivity contribution >= 4 is 11.6 Å². The zero-order chi connectivity index (χ0) is 18.1. The molecular formula is C21H31N3O2. The van der Waals surface area contributed by atoms with Gasteiger partial charge in [0.1, 0.15) is 5.82 Å². The third kappa shape index (κ3) is 3.94. The maximum atomic E-state index is 12.2. The van der Waals surface area contributed by atoms with Crippen LogP contribution in [0.5, 0.6) is 0 Å². The van der Waals surface area contributed by atoms with Gasteiger partial charge in [0.25, 0.3) is 0 Å². The van der Waals surface area contributed by atoms with Crippen molar-refractivity contribution in [3.05, 3.63) is 23.4 Å². The van der Waals surface area contributed by atoms with Crippen molar-refractivity contribution in [2.24, 2.45) is 0 Å². The second-order valence-corrected chi connectivity index (χ2v) is 8.38. The number of carbonyl (C=O) groups is 1. The molecule has 1 aromatic heterocycles. The number of carbonyl (C=O) groups excluding carboxylic acids is 1. The molecule has 4 rings (SSSR count). The summed E-state index contributed by atoms with van der Waals surface area (Å²) in [6, 6.07) is 2.74. The van der Waals surface area contributed by atoms with Gasteiger partial charge in [-0.3, -0.25) is 4.79 Å². The number of piperidine rings is 1. The first kappa shape index (κ1) is 17.9. The van der Waals surface area contributed by atoms with Gasteiger partial charge in [0.2, 0.25) is 0 Å². The Morgan fingerprint density at radius 3 is 2.62 bits per heavy atom. The molecule has 0 spiro atoms. The van der Waals surface area contributed by atoms with E-state index in [1.165, 1.54) is 50.5 Å². The van der Waals surface area contributed by atoms with E-state index in [-0.39, 0.29) is 11.8 Å². The standard InChI is InChI=1S/C21H31N3O2/c1-14(25)18-11-16(15-7-8-15)12-22-21(18)24-10-9-19(20(26)13-24)23-17-5-3-2-4-6-17/h11-12,15,17,19-20,23,26H,2-10,13H2,1H3/t19-,20-/m1/s1. The van der Waals surface area contributed by atoms with Crippen LogP contribution in [0, 0.1) is 0 Å². The topological polar surface area (TPSA) is 65.5 Å². The zero-order valence-corrected chi connectivity index (χ0v) is 15.8. The van der Waals surface area contributed by atoms with Gasteiger partial charge in [-0.05, 0) is 56.6 Å². The first-order valence-corrected chi connectivity index (χ1v) is 10.3. The van der Waals surface area contributed by atoms with Gasteiger partial charge in [-0.1, -0.05) is 19.3 Å². The van der Waals surface area contributed by atoms with Crippen LogP contribution in [0.25, 0.3) is 0 Å². The first-order valence-electron chi connectivity index (χ1n) is 10.3. The molecule has 0 bridgehead atoms. The van der Waals surface area contributed by atoms with Crippen LogP contribution >= 0.6 is 0 Å². The fourth-order valence-electron chi connectivity index (χ4n) is 4.52. The summed E-state index contributed by atoms with van der Waals surface area (Å²) < 4.78 is 0. The number of nitrogens with one attached hydrogen (secondary N) is 1. The lowest BCUT2D eigenvalue weighted by Crippen LogP contribution is -2.55. The van der Waals surface area contributed by atoms with Crippen molar-refractivity contribution in [2.45, 2.75) is 82.4 Å². The Balaban J connectivity index is 1.43. The molecule has 142 valence electrons. The van der Waals surface area contributed by atoms with Crippen LogP contribution in [-0.4, -0.2) is 47.2 Å². The molecule has 5 nitrogen and oxygen atoms in total. The van der Waals surface area contributed by atoms with Gasteiger partial charge in [0.05, 0.1) is 11.7 Å². The number of ketones is 1. The minimum Gasteiger partial charge on any atom is -0.390 e. The van der Waals surface area contributed by atoms with Crippen LogP contribution in [0.4, 0.5) is 5.82 Å². The lowest BCUT2D eigenvalue weighted by molar-refractivity contribution is 0.0996. The van der Waals surface area contributed by atoms with Gasteiger partial charge >= 0.3 is 0 Å². The molecule has 1 aliphatic heterocycles. The van der Waals surface area contributed by atoms with E-state index in [0.717, 1.165) is 18.8 Å². The third-order valence-electron chi connectivity index (χ3n) is 6.25. The highest BCUT2D eigenvalue weighted by Crippen LogP contribution is 2.41. The van der Waals surface area contributed by atoms with Crippen LogP contribution < -0.4 is 10.2 Å². The molecule has 1 saturated heterocycles. The minimum atomic E-state index is -0.421. The molecule has 3 fully saturated rings. The molecule has 3 aliphatic rings. The number of aliphatic hydroxyl groups is 1. The van der Waals surface area contributed by atoms with Gasteiger partial charge in [0, 0.05) is 31.4 Å². The predicted octanol–water partition coefficient (Wildman–Crippen LogP) is 3.02. The predicted molar refractivity (Wildman–Crippen MR) is 103 cm³/mol. The maximum Gasteiger partial charge on any atom is 0.163 e. The minimum absolute atomic E-state index is 0.0620. The first-order chi connectivity index (χ1) is 12.6.